The number of nitro benzene ring substituents is 1. The van der Waals surface area contributed by atoms with Gasteiger partial charge in [-0.2, -0.15) is 0 Å². The average Bonchev–Trinajstić information content (AvgIpc) is 2.86. The maximum atomic E-state index is 12.1. The smallest absolute Gasteiger partial charge is 0.273 e. The van der Waals surface area contributed by atoms with E-state index in [0.29, 0.717) is 5.56 Å². The molecule has 2 unspecified atom stereocenters. The van der Waals surface area contributed by atoms with Crippen LogP contribution in [0, 0.1) is 23.0 Å². The summed E-state index contributed by atoms with van der Waals surface area (Å²) in [5.41, 5.74) is 0.759. The third kappa shape index (κ3) is 2.96. The van der Waals surface area contributed by atoms with Crippen LogP contribution in [-0.4, -0.2) is 28.6 Å². The van der Waals surface area contributed by atoms with Gasteiger partial charge in [0, 0.05) is 35.8 Å². The molecule has 0 saturated heterocycles. The second-order valence-corrected chi connectivity index (χ2v) is 5.21. The van der Waals surface area contributed by atoms with Gasteiger partial charge in [-0.25, -0.2) is 0 Å². The van der Waals surface area contributed by atoms with E-state index in [-0.39, 0.29) is 35.7 Å². The van der Waals surface area contributed by atoms with Crippen molar-refractivity contribution in [2.45, 2.75) is 32.2 Å². The number of aryl methyl sites for hydroxylation is 1. The maximum Gasteiger partial charge on any atom is 0.273 e. The summed E-state index contributed by atoms with van der Waals surface area (Å²) in [5.74, 6) is -0.238. The highest BCUT2D eigenvalue weighted by atomic mass is 16.6. The molecule has 0 aliphatic heterocycles. The van der Waals surface area contributed by atoms with Crippen molar-refractivity contribution >= 4 is 11.6 Å². The Morgan fingerprint density at radius 3 is 2.90 bits per heavy atom. The fourth-order valence-electron chi connectivity index (χ4n) is 2.64. The molecule has 0 heterocycles. The number of carbonyl (C=O) groups excluding carboxylic acids is 1. The number of rotatable bonds is 4. The third-order valence-electron chi connectivity index (χ3n) is 3.88. The van der Waals surface area contributed by atoms with Gasteiger partial charge < -0.3 is 10.4 Å². The Morgan fingerprint density at radius 1 is 1.50 bits per heavy atom. The number of hydrogen-bond acceptors (Lipinski definition) is 4. The standard InChI is InChI=1S/C14H18N2O4/c1-9-5-6-10(7-13(9)16(19)20)14(18)15-12-4-2-3-11(12)8-17/h5-7,11-12,17H,2-4,8H2,1H3,(H,15,18). The lowest BCUT2D eigenvalue weighted by atomic mass is 10.0. The van der Waals surface area contributed by atoms with Gasteiger partial charge in [0.1, 0.15) is 0 Å². The Kier molecular flexibility index (Phi) is 4.34. The number of nitrogens with one attached hydrogen (secondary N) is 1. The number of hydrogen-bond donors (Lipinski definition) is 2. The van der Waals surface area contributed by atoms with Gasteiger partial charge in [0.2, 0.25) is 0 Å². The Labute approximate surface area is 117 Å². The summed E-state index contributed by atoms with van der Waals surface area (Å²) < 4.78 is 0. The molecule has 0 spiro atoms. The SMILES string of the molecule is Cc1ccc(C(=O)NC2CCCC2CO)cc1[N+](=O)[O-]. The van der Waals surface area contributed by atoms with Crippen LogP contribution >= 0.6 is 0 Å². The van der Waals surface area contributed by atoms with Crippen LogP contribution in [-0.2, 0) is 0 Å². The number of nitro groups is 1. The molecule has 0 aromatic heterocycles. The molecule has 20 heavy (non-hydrogen) atoms. The van der Waals surface area contributed by atoms with Gasteiger partial charge >= 0.3 is 0 Å². The second kappa shape index (κ2) is 6.00. The fraction of sp³-hybridized carbons (Fsp3) is 0.500. The first-order valence-electron chi connectivity index (χ1n) is 6.69. The molecule has 1 amide bonds. The normalized spacial score (nSPS) is 21.7. The highest BCUT2D eigenvalue weighted by molar-refractivity contribution is 5.95. The van der Waals surface area contributed by atoms with Crippen molar-refractivity contribution in [2.24, 2.45) is 5.92 Å². The minimum atomic E-state index is -0.488. The van der Waals surface area contributed by atoms with Crippen LogP contribution in [0.1, 0.15) is 35.2 Å². The van der Waals surface area contributed by atoms with Crippen molar-refractivity contribution < 1.29 is 14.8 Å². The van der Waals surface area contributed by atoms with Crippen molar-refractivity contribution in [1.29, 1.82) is 0 Å². The molecule has 6 heteroatoms. The molecule has 108 valence electrons. The number of amides is 1. The van der Waals surface area contributed by atoms with E-state index >= 15 is 0 Å². The molecule has 1 aliphatic rings. The summed E-state index contributed by atoms with van der Waals surface area (Å²) in [7, 11) is 0. The molecular formula is C14H18N2O4. The Hall–Kier alpha value is -1.95. The molecule has 2 atom stereocenters. The minimum absolute atomic E-state index is 0.0483. The van der Waals surface area contributed by atoms with E-state index in [9.17, 15) is 20.0 Å². The fourth-order valence-corrected chi connectivity index (χ4v) is 2.64. The van der Waals surface area contributed by atoms with Crippen LogP contribution in [0.2, 0.25) is 0 Å². The highest BCUT2D eigenvalue weighted by Crippen LogP contribution is 2.26. The molecule has 0 bridgehead atoms. The van der Waals surface area contributed by atoms with Crippen LogP contribution in [0.25, 0.3) is 0 Å². The van der Waals surface area contributed by atoms with Gasteiger partial charge in [0.15, 0.2) is 0 Å². The van der Waals surface area contributed by atoms with Gasteiger partial charge in [-0.3, -0.25) is 14.9 Å². The summed E-state index contributed by atoms with van der Waals surface area (Å²) in [6.45, 7) is 1.69. The minimum Gasteiger partial charge on any atom is -0.396 e. The largest absolute Gasteiger partial charge is 0.396 e. The number of aliphatic hydroxyl groups is 1. The van der Waals surface area contributed by atoms with E-state index in [1.165, 1.54) is 6.07 Å². The summed E-state index contributed by atoms with van der Waals surface area (Å²) in [6.07, 6.45) is 2.71. The van der Waals surface area contributed by atoms with E-state index in [2.05, 4.69) is 5.32 Å². The van der Waals surface area contributed by atoms with Gasteiger partial charge in [0.05, 0.1) is 4.92 Å². The predicted octanol–water partition coefficient (Wildman–Crippen LogP) is 1.79. The zero-order valence-electron chi connectivity index (χ0n) is 11.3. The molecule has 2 rings (SSSR count). The molecule has 1 aliphatic carbocycles. The van der Waals surface area contributed by atoms with E-state index in [1.54, 1.807) is 19.1 Å². The Morgan fingerprint density at radius 2 is 2.25 bits per heavy atom. The summed E-state index contributed by atoms with van der Waals surface area (Å²) >= 11 is 0. The Balaban J connectivity index is 2.13. The molecule has 2 N–H and O–H groups in total. The van der Waals surface area contributed by atoms with Gasteiger partial charge in [-0.15, -0.1) is 0 Å². The Bertz CT molecular complexity index is 530. The first-order valence-corrected chi connectivity index (χ1v) is 6.69. The maximum absolute atomic E-state index is 12.1. The molecule has 1 aromatic rings. The first kappa shape index (κ1) is 14.5. The number of aliphatic hydroxyl groups excluding tert-OH is 1. The van der Waals surface area contributed by atoms with Crippen molar-refractivity contribution in [3.05, 3.63) is 39.4 Å². The highest BCUT2D eigenvalue weighted by Gasteiger charge is 2.28. The van der Waals surface area contributed by atoms with Crippen molar-refractivity contribution in [3.8, 4) is 0 Å². The first-order chi connectivity index (χ1) is 9.52. The molecule has 1 aromatic carbocycles. The molecule has 6 nitrogen and oxygen atoms in total. The quantitative estimate of drug-likeness (QED) is 0.648. The van der Waals surface area contributed by atoms with Gasteiger partial charge in [0.25, 0.3) is 11.6 Å². The summed E-state index contributed by atoms with van der Waals surface area (Å²) in [5, 5.41) is 23.0. The third-order valence-corrected chi connectivity index (χ3v) is 3.88. The van der Waals surface area contributed by atoms with Gasteiger partial charge in [-0.05, 0) is 25.8 Å². The average molecular weight is 278 g/mol. The van der Waals surface area contributed by atoms with E-state index < -0.39 is 4.92 Å². The van der Waals surface area contributed by atoms with E-state index in [4.69, 9.17) is 0 Å². The predicted molar refractivity (Wildman–Crippen MR) is 73.5 cm³/mol. The number of carbonyl (C=O) groups is 1. The number of nitrogens with zero attached hydrogens (tertiary/aromatic N) is 1. The van der Waals surface area contributed by atoms with Gasteiger partial charge in [-0.1, -0.05) is 12.5 Å². The van der Waals surface area contributed by atoms with E-state index in [0.717, 1.165) is 19.3 Å². The van der Waals surface area contributed by atoms with Crippen molar-refractivity contribution in [3.63, 3.8) is 0 Å². The lowest BCUT2D eigenvalue weighted by Gasteiger charge is -2.19. The monoisotopic (exact) mass is 278 g/mol. The van der Waals surface area contributed by atoms with Crippen LogP contribution in [0.5, 0.6) is 0 Å². The van der Waals surface area contributed by atoms with Crippen molar-refractivity contribution in [2.75, 3.05) is 6.61 Å². The molecular weight excluding hydrogens is 260 g/mol. The molecule has 0 radical (unpaired) electrons. The van der Waals surface area contributed by atoms with Crippen LogP contribution in [0.4, 0.5) is 5.69 Å². The summed E-state index contributed by atoms with van der Waals surface area (Å²) in [4.78, 5) is 22.5. The topological polar surface area (TPSA) is 92.5 Å². The van der Waals surface area contributed by atoms with Crippen molar-refractivity contribution in [1.82, 2.24) is 5.32 Å². The zero-order valence-corrected chi connectivity index (χ0v) is 11.3. The molecule has 1 fully saturated rings. The summed E-state index contributed by atoms with van der Waals surface area (Å²) in [6, 6.07) is 4.41. The van der Waals surface area contributed by atoms with Crippen LogP contribution < -0.4 is 5.32 Å². The van der Waals surface area contributed by atoms with Crippen LogP contribution in [0.15, 0.2) is 18.2 Å². The van der Waals surface area contributed by atoms with E-state index in [1.807, 2.05) is 0 Å². The van der Waals surface area contributed by atoms with Crippen LogP contribution in [0.3, 0.4) is 0 Å². The zero-order chi connectivity index (χ0) is 14.7. The lowest BCUT2D eigenvalue weighted by molar-refractivity contribution is -0.385. The lowest BCUT2D eigenvalue weighted by Crippen LogP contribution is -2.38. The number of benzene rings is 1. The second-order valence-electron chi connectivity index (χ2n) is 5.21. The molecule has 1 saturated carbocycles.